The minimum atomic E-state index is -3.51. The van der Waals surface area contributed by atoms with Gasteiger partial charge < -0.3 is 0 Å². The fraction of sp³-hybridized carbons (Fsp3) is 0.538. The monoisotopic (exact) mass is 302 g/mol. The second-order valence-electron chi connectivity index (χ2n) is 5.12. The standard InChI is InChI=1S/C13H19ClN2O2S/c1-10-8-16(9-11(2)15(10)3)19(17,18)13-7-5-4-6-12(13)14/h4-7,10-11H,8-9H2,1-3H3. The molecule has 1 aliphatic heterocycles. The average molecular weight is 303 g/mol. The Labute approximate surface area is 120 Å². The van der Waals surface area contributed by atoms with Gasteiger partial charge in [0.2, 0.25) is 10.0 Å². The largest absolute Gasteiger partial charge is 0.298 e. The van der Waals surface area contributed by atoms with Gasteiger partial charge in [-0.3, -0.25) is 4.90 Å². The zero-order valence-corrected chi connectivity index (χ0v) is 12.9. The minimum absolute atomic E-state index is 0.195. The van der Waals surface area contributed by atoms with E-state index in [1.165, 1.54) is 4.31 Å². The highest BCUT2D eigenvalue weighted by molar-refractivity contribution is 7.89. The lowest BCUT2D eigenvalue weighted by Crippen LogP contribution is -2.56. The maximum atomic E-state index is 12.6. The van der Waals surface area contributed by atoms with E-state index in [1.54, 1.807) is 24.3 Å². The first-order chi connectivity index (χ1) is 8.84. The number of hydrogen-bond acceptors (Lipinski definition) is 3. The van der Waals surface area contributed by atoms with Crippen molar-refractivity contribution in [3.8, 4) is 0 Å². The van der Waals surface area contributed by atoms with Crippen LogP contribution in [0.3, 0.4) is 0 Å². The van der Waals surface area contributed by atoms with E-state index in [1.807, 2.05) is 20.9 Å². The van der Waals surface area contributed by atoms with Crippen molar-refractivity contribution in [2.24, 2.45) is 0 Å². The molecule has 2 atom stereocenters. The third-order valence-electron chi connectivity index (χ3n) is 3.78. The molecule has 0 N–H and O–H groups in total. The fourth-order valence-corrected chi connectivity index (χ4v) is 4.44. The molecule has 0 bridgehead atoms. The van der Waals surface area contributed by atoms with Crippen LogP contribution in [-0.2, 0) is 10.0 Å². The van der Waals surface area contributed by atoms with E-state index in [0.29, 0.717) is 13.1 Å². The normalized spacial score (nSPS) is 26.5. The van der Waals surface area contributed by atoms with Gasteiger partial charge in [-0.1, -0.05) is 23.7 Å². The van der Waals surface area contributed by atoms with E-state index >= 15 is 0 Å². The van der Waals surface area contributed by atoms with Crippen molar-refractivity contribution in [2.45, 2.75) is 30.8 Å². The van der Waals surface area contributed by atoms with Gasteiger partial charge in [0.1, 0.15) is 4.90 Å². The molecule has 2 unspecified atom stereocenters. The molecular formula is C13H19ClN2O2S. The molecule has 1 saturated heterocycles. The maximum Gasteiger partial charge on any atom is 0.244 e. The second-order valence-corrected chi connectivity index (χ2v) is 7.43. The van der Waals surface area contributed by atoms with Crippen LogP contribution < -0.4 is 0 Å². The summed E-state index contributed by atoms with van der Waals surface area (Å²) >= 11 is 6.01. The predicted octanol–water partition coefficient (Wildman–Crippen LogP) is 2.05. The first kappa shape index (κ1) is 14.8. The second kappa shape index (κ2) is 5.40. The van der Waals surface area contributed by atoms with Crippen LogP contribution >= 0.6 is 11.6 Å². The highest BCUT2D eigenvalue weighted by Crippen LogP contribution is 2.27. The number of piperazine rings is 1. The van der Waals surface area contributed by atoms with Crippen LogP contribution in [0.25, 0.3) is 0 Å². The van der Waals surface area contributed by atoms with Gasteiger partial charge in [0.15, 0.2) is 0 Å². The Morgan fingerprint density at radius 1 is 1.16 bits per heavy atom. The first-order valence-corrected chi connectivity index (χ1v) is 8.12. The number of benzene rings is 1. The van der Waals surface area contributed by atoms with Crippen LogP contribution in [0, 0.1) is 0 Å². The van der Waals surface area contributed by atoms with Crippen molar-refractivity contribution < 1.29 is 8.42 Å². The molecule has 1 fully saturated rings. The van der Waals surface area contributed by atoms with Crippen LogP contribution in [0.1, 0.15) is 13.8 Å². The lowest BCUT2D eigenvalue weighted by atomic mass is 10.1. The summed E-state index contributed by atoms with van der Waals surface area (Å²) in [6.45, 7) is 5.05. The Bertz CT molecular complexity index is 550. The summed E-state index contributed by atoms with van der Waals surface area (Å²) in [5, 5.41) is 0.279. The third kappa shape index (κ3) is 2.79. The molecule has 19 heavy (non-hydrogen) atoms. The molecule has 0 radical (unpaired) electrons. The average Bonchev–Trinajstić information content (AvgIpc) is 2.35. The molecule has 2 rings (SSSR count). The molecule has 0 spiro atoms. The van der Waals surface area contributed by atoms with Gasteiger partial charge in [0.05, 0.1) is 5.02 Å². The number of hydrogen-bond donors (Lipinski definition) is 0. The number of likely N-dealkylation sites (N-methyl/N-ethyl adjacent to an activating group) is 1. The Morgan fingerprint density at radius 3 is 2.21 bits per heavy atom. The molecule has 1 heterocycles. The zero-order chi connectivity index (χ0) is 14.2. The number of sulfonamides is 1. The molecule has 0 aromatic heterocycles. The van der Waals surface area contributed by atoms with Crippen molar-refractivity contribution in [2.75, 3.05) is 20.1 Å². The molecule has 106 valence electrons. The van der Waals surface area contributed by atoms with Crippen LogP contribution in [0.5, 0.6) is 0 Å². The Morgan fingerprint density at radius 2 is 1.68 bits per heavy atom. The molecule has 0 aliphatic carbocycles. The Kier molecular flexibility index (Phi) is 4.20. The summed E-state index contributed by atoms with van der Waals surface area (Å²) in [5.41, 5.74) is 0. The molecule has 4 nitrogen and oxygen atoms in total. The molecule has 1 aromatic carbocycles. The van der Waals surface area contributed by atoms with Crippen molar-refractivity contribution in [1.29, 1.82) is 0 Å². The maximum absolute atomic E-state index is 12.6. The van der Waals surface area contributed by atoms with E-state index in [2.05, 4.69) is 4.90 Å². The summed E-state index contributed by atoms with van der Waals surface area (Å²) in [6, 6.07) is 6.99. The predicted molar refractivity (Wildman–Crippen MR) is 76.9 cm³/mol. The molecule has 6 heteroatoms. The molecular weight excluding hydrogens is 284 g/mol. The number of nitrogens with zero attached hydrogens (tertiary/aromatic N) is 2. The van der Waals surface area contributed by atoms with Crippen LogP contribution in [0.4, 0.5) is 0 Å². The van der Waals surface area contributed by atoms with Crippen molar-refractivity contribution >= 4 is 21.6 Å². The van der Waals surface area contributed by atoms with Crippen molar-refractivity contribution in [3.63, 3.8) is 0 Å². The van der Waals surface area contributed by atoms with Gasteiger partial charge >= 0.3 is 0 Å². The number of halogens is 1. The quantitative estimate of drug-likeness (QED) is 0.839. The first-order valence-electron chi connectivity index (χ1n) is 6.30. The van der Waals surface area contributed by atoms with Gasteiger partial charge in [-0.25, -0.2) is 8.42 Å². The Hall–Kier alpha value is -0.620. The van der Waals surface area contributed by atoms with E-state index in [0.717, 1.165) is 0 Å². The topological polar surface area (TPSA) is 40.6 Å². The highest BCUT2D eigenvalue weighted by Gasteiger charge is 2.35. The lowest BCUT2D eigenvalue weighted by molar-refractivity contribution is 0.105. The van der Waals surface area contributed by atoms with Gasteiger partial charge in [0, 0.05) is 25.2 Å². The summed E-state index contributed by atoms with van der Waals surface area (Å²) in [6.07, 6.45) is 0. The van der Waals surface area contributed by atoms with Gasteiger partial charge in [0.25, 0.3) is 0 Å². The minimum Gasteiger partial charge on any atom is -0.298 e. The lowest BCUT2D eigenvalue weighted by Gasteiger charge is -2.41. The summed E-state index contributed by atoms with van der Waals surface area (Å²) in [5.74, 6) is 0. The summed E-state index contributed by atoms with van der Waals surface area (Å²) in [4.78, 5) is 2.39. The SMILES string of the molecule is CC1CN(S(=O)(=O)c2ccccc2Cl)CC(C)N1C. The van der Waals surface area contributed by atoms with Crippen molar-refractivity contribution in [1.82, 2.24) is 9.21 Å². The highest BCUT2D eigenvalue weighted by atomic mass is 35.5. The van der Waals surface area contributed by atoms with Gasteiger partial charge in [-0.05, 0) is 33.0 Å². The number of rotatable bonds is 2. The molecule has 1 aliphatic rings. The summed E-state index contributed by atoms with van der Waals surface area (Å²) < 4.78 is 26.8. The van der Waals surface area contributed by atoms with E-state index < -0.39 is 10.0 Å². The zero-order valence-electron chi connectivity index (χ0n) is 11.4. The van der Waals surface area contributed by atoms with E-state index in [4.69, 9.17) is 11.6 Å². The molecule has 1 aromatic rings. The summed E-state index contributed by atoms with van der Waals surface area (Å²) in [7, 11) is -1.48. The Balaban J connectivity index is 2.34. The molecule has 0 saturated carbocycles. The smallest absolute Gasteiger partial charge is 0.244 e. The van der Waals surface area contributed by atoms with E-state index in [-0.39, 0.29) is 22.0 Å². The molecule has 0 amide bonds. The van der Waals surface area contributed by atoms with Crippen LogP contribution in [0.2, 0.25) is 5.02 Å². The van der Waals surface area contributed by atoms with Crippen LogP contribution in [0.15, 0.2) is 29.2 Å². The third-order valence-corrected chi connectivity index (χ3v) is 6.11. The van der Waals surface area contributed by atoms with Gasteiger partial charge in [-0.15, -0.1) is 0 Å². The van der Waals surface area contributed by atoms with Crippen LogP contribution in [-0.4, -0.2) is 49.8 Å². The van der Waals surface area contributed by atoms with Gasteiger partial charge in [-0.2, -0.15) is 4.31 Å². The van der Waals surface area contributed by atoms with E-state index in [9.17, 15) is 8.42 Å². The van der Waals surface area contributed by atoms with Crippen molar-refractivity contribution in [3.05, 3.63) is 29.3 Å². The fourth-order valence-electron chi connectivity index (χ4n) is 2.35.